The summed E-state index contributed by atoms with van der Waals surface area (Å²) in [5, 5.41) is 0. The second-order valence-electron chi connectivity index (χ2n) is 4.90. The Hall–Kier alpha value is -1.84. The lowest BCUT2D eigenvalue weighted by Gasteiger charge is -2.38. The second kappa shape index (κ2) is 5.03. The molecule has 1 saturated heterocycles. The molecule has 2 heterocycles. The minimum atomic E-state index is -0.532. The molecule has 2 aromatic rings. The summed E-state index contributed by atoms with van der Waals surface area (Å²) >= 11 is 0. The van der Waals surface area contributed by atoms with Gasteiger partial charge in [-0.3, -0.25) is 0 Å². The first kappa shape index (κ1) is 12.2. The van der Waals surface area contributed by atoms with E-state index in [0.717, 1.165) is 31.9 Å². The summed E-state index contributed by atoms with van der Waals surface area (Å²) in [4.78, 5) is 2.03. The van der Waals surface area contributed by atoms with Crippen molar-refractivity contribution in [3.63, 3.8) is 0 Å². The smallest absolute Gasteiger partial charge is 0.149 e. The van der Waals surface area contributed by atoms with Crippen LogP contribution in [0.5, 0.6) is 0 Å². The molecule has 1 atom stereocenters. The summed E-state index contributed by atoms with van der Waals surface area (Å²) in [5.41, 5.74) is 0.486. The molecule has 3 rings (SSSR count). The summed E-state index contributed by atoms with van der Waals surface area (Å²) < 4.78 is 29.1. The number of piperidine rings is 1. The molecule has 1 fully saturated rings. The largest absolute Gasteiger partial charge is 0.349 e. The number of aromatic nitrogens is 1. The zero-order valence-electron chi connectivity index (χ0n) is 10.6. The van der Waals surface area contributed by atoms with E-state index in [0.29, 0.717) is 5.69 Å². The Kier molecular flexibility index (Phi) is 3.23. The van der Waals surface area contributed by atoms with Crippen LogP contribution in [0.2, 0.25) is 0 Å². The number of hydrogen-bond donors (Lipinski definition) is 0. The molecule has 0 amide bonds. The molecule has 1 unspecified atom stereocenters. The lowest BCUT2D eigenvalue weighted by atomic mass is 10.1. The van der Waals surface area contributed by atoms with Gasteiger partial charge in [0.2, 0.25) is 0 Å². The van der Waals surface area contributed by atoms with Gasteiger partial charge in [-0.2, -0.15) is 0 Å². The lowest BCUT2D eigenvalue weighted by molar-refractivity contribution is 0.372. The van der Waals surface area contributed by atoms with E-state index < -0.39 is 11.6 Å². The van der Waals surface area contributed by atoms with E-state index in [1.165, 1.54) is 12.1 Å². The van der Waals surface area contributed by atoms with E-state index in [1.54, 1.807) is 0 Å². The molecule has 0 radical (unpaired) electrons. The molecular weight excluding hydrogens is 246 g/mol. The Bertz CT molecular complexity index is 551. The standard InChI is InChI=1S/C15H16F2N2/c16-12-6-7-14(13(17)11-12)19-10-2-1-5-15(19)18-8-3-4-9-18/h3-4,6-9,11,15H,1-2,5,10H2. The first-order valence-electron chi connectivity index (χ1n) is 6.60. The molecule has 2 nitrogen and oxygen atoms in total. The third-order valence-electron chi connectivity index (χ3n) is 3.66. The molecule has 1 aromatic heterocycles. The van der Waals surface area contributed by atoms with Gasteiger partial charge in [0.15, 0.2) is 0 Å². The fourth-order valence-electron chi connectivity index (χ4n) is 2.77. The van der Waals surface area contributed by atoms with Gasteiger partial charge in [-0.1, -0.05) is 0 Å². The lowest BCUT2D eigenvalue weighted by Crippen LogP contribution is -2.37. The molecule has 1 aromatic carbocycles. The normalized spacial score (nSPS) is 19.7. The fraction of sp³-hybridized carbons (Fsp3) is 0.333. The van der Waals surface area contributed by atoms with Crippen molar-refractivity contribution in [2.45, 2.75) is 25.4 Å². The molecule has 0 N–H and O–H groups in total. The van der Waals surface area contributed by atoms with Gasteiger partial charge in [0, 0.05) is 25.0 Å². The van der Waals surface area contributed by atoms with Crippen molar-refractivity contribution < 1.29 is 8.78 Å². The monoisotopic (exact) mass is 262 g/mol. The Morgan fingerprint density at radius 3 is 2.58 bits per heavy atom. The Labute approximate surface area is 111 Å². The van der Waals surface area contributed by atoms with Gasteiger partial charge >= 0.3 is 0 Å². The Morgan fingerprint density at radius 2 is 1.84 bits per heavy atom. The highest BCUT2D eigenvalue weighted by atomic mass is 19.1. The number of benzene rings is 1. The molecule has 100 valence electrons. The van der Waals surface area contributed by atoms with Crippen molar-refractivity contribution in [3.8, 4) is 0 Å². The quantitative estimate of drug-likeness (QED) is 0.795. The maximum Gasteiger partial charge on any atom is 0.149 e. The van der Waals surface area contributed by atoms with Crippen molar-refractivity contribution in [3.05, 3.63) is 54.4 Å². The van der Waals surface area contributed by atoms with Crippen LogP contribution in [-0.4, -0.2) is 11.1 Å². The maximum absolute atomic E-state index is 14.0. The topological polar surface area (TPSA) is 8.17 Å². The number of anilines is 1. The summed E-state index contributed by atoms with van der Waals surface area (Å²) in [7, 11) is 0. The third-order valence-corrected chi connectivity index (χ3v) is 3.66. The van der Waals surface area contributed by atoms with E-state index >= 15 is 0 Å². The molecule has 19 heavy (non-hydrogen) atoms. The first-order valence-corrected chi connectivity index (χ1v) is 6.60. The SMILES string of the molecule is Fc1ccc(N2CCCCC2n2cccc2)c(F)c1. The van der Waals surface area contributed by atoms with E-state index in [4.69, 9.17) is 0 Å². The second-order valence-corrected chi connectivity index (χ2v) is 4.90. The van der Waals surface area contributed by atoms with E-state index in [-0.39, 0.29) is 6.17 Å². The number of rotatable bonds is 2. The van der Waals surface area contributed by atoms with Crippen molar-refractivity contribution in [1.82, 2.24) is 4.57 Å². The van der Waals surface area contributed by atoms with Crippen molar-refractivity contribution in [2.75, 3.05) is 11.4 Å². The Balaban J connectivity index is 1.96. The molecule has 0 spiro atoms. The van der Waals surface area contributed by atoms with Gasteiger partial charge in [-0.05, 0) is 43.5 Å². The molecule has 0 aliphatic carbocycles. The van der Waals surface area contributed by atoms with Gasteiger partial charge in [-0.15, -0.1) is 0 Å². The third kappa shape index (κ3) is 2.35. The van der Waals surface area contributed by atoms with Crippen LogP contribution in [0, 0.1) is 11.6 Å². The van der Waals surface area contributed by atoms with E-state index in [2.05, 4.69) is 4.57 Å². The van der Waals surface area contributed by atoms with Crippen LogP contribution >= 0.6 is 0 Å². The minimum Gasteiger partial charge on any atom is -0.349 e. The number of halogens is 2. The van der Waals surface area contributed by atoms with E-state index in [1.807, 2.05) is 29.4 Å². The maximum atomic E-state index is 14.0. The summed E-state index contributed by atoms with van der Waals surface area (Å²) in [6.07, 6.45) is 7.24. The van der Waals surface area contributed by atoms with Gasteiger partial charge < -0.3 is 9.47 Å². The van der Waals surface area contributed by atoms with Crippen LogP contribution < -0.4 is 4.90 Å². The summed E-state index contributed by atoms with van der Waals surface area (Å²) in [5.74, 6) is -1.02. The Morgan fingerprint density at radius 1 is 1.05 bits per heavy atom. The zero-order chi connectivity index (χ0) is 13.2. The van der Waals surface area contributed by atoms with Crippen molar-refractivity contribution in [1.29, 1.82) is 0 Å². The molecule has 1 aliphatic heterocycles. The highest BCUT2D eigenvalue weighted by Gasteiger charge is 2.25. The van der Waals surface area contributed by atoms with Crippen molar-refractivity contribution in [2.24, 2.45) is 0 Å². The number of nitrogens with zero attached hydrogens (tertiary/aromatic N) is 2. The highest BCUT2D eigenvalue weighted by Crippen LogP contribution is 2.33. The molecular formula is C15H16F2N2. The predicted molar refractivity (Wildman–Crippen MR) is 71.0 cm³/mol. The van der Waals surface area contributed by atoms with Crippen LogP contribution in [-0.2, 0) is 0 Å². The highest BCUT2D eigenvalue weighted by molar-refractivity contribution is 5.48. The molecule has 0 bridgehead atoms. The molecule has 1 aliphatic rings. The zero-order valence-corrected chi connectivity index (χ0v) is 10.6. The van der Waals surface area contributed by atoms with Crippen LogP contribution in [0.3, 0.4) is 0 Å². The number of hydrogen-bond acceptors (Lipinski definition) is 1. The van der Waals surface area contributed by atoms with E-state index in [9.17, 15) is 8.78 Å². The molecule has 4 heteroatoms. The molecule has 0 saturated carbocycles. The van der Waals surface area contributed by atoms with Crippen LogP contribution in [0.4, 0.5) is 14.5 Å². The first-order chi connectivity index (χ1) is 9.25. The van der Waals surface area contributed by atoms with Gasteiger partial charge in [0.25, 0.3) is 0 Å². The average molecular weight is 262 g/mol. The van der Waals surface area contributed by atoms with Crippen LogP contribution in [0.15, 0.2) is 42.7 Å². The predicted octanol–water partition coefficient (Wildman–Crippen LogP) is 3.96. The summed E-state index contributed by atoms with van der Waals surface area (Å²) in [6, 6.07) is 7.74. The summed E-state index contributed by atoms with van der Waals surface area (Å²) in [6.45, 7) is 0.797. The van der Waals surface area contributed by atoms with Crippen LogP contribution in [0.25, 0.3) is 0 Å². The van der Waals surface area contributed by atoms with Crippen molar-refractivity contribution >= 4 is 5.69 Å². The van der Waals surface area contributed by atoms with Gasteiger partial charge in [-0.25, -0.2) is 8.78 Å². The van der Waals surface area contributed by atoms with Gasteiger partial charge in [0.1, 0.15) is 17.8 Å². The average Bonchev–Trinajstić information content (AvgIpc) is 2.93. The minimum absolute atomic E-state index is 0.115. The van der Waals surface area contributed by atoms with Crippen LogP contribution in [0.1, 0.15) is 25.4 Å². The van der Waals surface area contributed by atoms with Gasteiger partial charge in [0.05, 0.1) is 5.69 Å². The fourth-order valence-corrected chi connectivity index (χ4v) is 2.77.